The van der Waals surface area contributed by atoms with E-state index in [2.05, 4.69) is 9.97 Å². The van der Waals surface area contributed by atoms with Crippen molar-refractivity contribution >= 4 is 30.1 Å². The summed E-state index contributed by atoms with van der Waals surface area (Å²) in [5.41, 5.74) is 11.0. The van der Waals surface area contributed by atoms with Gasteiger partial charge in [-0.05, 0) is 12.1 Å². The Kier molecular flexibility index (Phi) is 6.03. The fourth-order valence-electron chi connectivity index (χ4n) is 1.91. The standard InChI is InChI=1S/C14H12N3.2ClH.Pd/c15-13(10-6-2-1-3-7-10)14-16-11-8-4-5-9-12(11)17-14;;;/h1-9,13,15H,(H,16,17);2*1H;/q-1;;;+2/p-2. The first kappa shape index (κ1) is 15.5. The van der Waals surface area contributed by atoms with Gasteiger partial charge in [-0.3, -0.25) is 0 Å². The molecule has 1 atom stereocenters. The average molecular weight is 400 g/mol. The van der Waals surface area contributed by atoms with Gasteiger partial charge in [0.05, 0.1) is 16.9 Å². The summed E-state index contributed by atoms with van der Waals surface area (Å²) < 4.78 is 0. The van der Waals surface area contributed by atoms with Crippen LogP contribution in [0.4, 0.5) is 0 Å². The molecule has 20 heavy (non-hydrogen) atoms. The summed E-state index contributed by atoms with van der Waals surface area (Å²) in [6.07, 6.45) is 0. The number of rotatable bonds is 2. The summed E-state index contributed by atoms with van der Waals surface area (Å²) in [6.45, 7) is 0. The zero-order valence-corrected chi connectivity index (χ0v) is 13.4. The van der Waals surface area contributed by atoms with E-state index in [1.165, 1.54) is 0 Å². The number of aromatic amines is 1. The number of hydrogen-bond donors (Lipinski definition) is 1. The quantitative estimate of drug-likeness (QED) is 0.600. The maximum absolute atomic E-state index is 8.19. The normalized spacial score (nSPS) is 11.9. The third kappa shape index (κ3) is 3.82. The Morgan fingerprint density at radius 3 is 2.25 bits per heavy atom. The summed E-state index contributed by atoms with van der Waals surface area (Å²) in [4.78, 5) is 7.64. The number of para-hydroxylation sites is 2. The second-order valence-electron chi connectivity index (χ2n) is 4.03. The van der Waals surface area contributed by atoms with E-state index in [0.717, 1.165) is 16.6 Å². The molecule has 0 fully saturated rings. The van der Waals surface area contributed by atoms with Gasteiger partial charge < -0.3 is 10.7 Å². The van der Waals surface area contributed by atoms with Crippen LogP contribution in [0.15, 0.2) is 54.6 Å². The molecule has 0 aliphatic rings. The van der Waals surface area contributed by atoms with E-state index in [1.807, 2.05) is 54.6 Å². The molecule has 6 heteroatoms. The largest absolute Gasteiger partial charge is 0.664 e. The molecule has 3 aromatic rings. The molecule has 0 bridgehead atoms. The van der Waals surface area contributed by atoms with Crippen LogP contribution in [0.3, 0.4) is 0 Å². The molecule has 0 saturated carbocycles. The third-order valence-corrected chi connectivity index (χ3v) is 2.81. The van der Waals surface area contributed by atoms with Crippen LogP contribution >= 0.6 is 19.1 Å². The number of aromatic nitrogens is 2. The van der Waals surface area contributed by atoms with Crippen molar-refractivity contribution in [2.75, 3.05) is 0 Å². The van der Waals surface area contributed by atoms with E-state index >= 15 is 0 Å². The molecule has 0 radical (unpaired) electrons. The molecular weight excluding hydrogens is 388 g/mol. The number of benzene rings is 2. The first-order chi connectivity index (χ1) is 9.76. The summed E-state index contributed by atoms with van der Waals surface area (Å²) in [5, 5.41) is 0. The minimum absolute atomic E-state index is 0.106. The van der Waals surface area contributed by atoms with Crippen molar-refractivity contribution < 1.29 is 15.9 Å². The zero-order chi connectivity index (χ0) is 14.4. The molecule has 3 rings (SSSR count). The molecule has 2 aromatic carbocycles. The van der Waals surface area contributed by atoms with Crippen LogP contribution < -0.4 is 0 Å². The van der Waals surface area contributed by atoms with Crippen molar-refractivity contribution in [2.45, 2.75) is 6.04 Å². The predicted octanol–water partition coefficient (Wildman–Crippen LogP) is 5.08. The summed E-state index contributed by atoms with van der Waals surface area (Å²) >= 11 is -0.106. The summed E-state index contributed by atoms with van der Waals surface area (Å²) in [6, 6.07) is 17.1. The summed E-state index contributed by atoms with van der Waals surface area (Å²) in [7, 11) is 9.63. The number of nitrogens with one attached hydrogen (secondary N) is 2. The van der Waals surface area contributed by atoms with E-state index in [0.29, 0.717) is 5.82 Å². The van der Waals surface area contributed by atoms with Crippen molar-refractivity contribution in [1.82, 2.24) is 9.97 Å². The van der Waals surface area contributed by atoms with Crippen LogP contribution in [-0.2, 0) is 15.9 Å². The number of nitrogens with zero attached hydrogens (tertiary/aromatic N) is 1. The molecule has 1 unspecified atom stereocenters. The molecule has 3 nitrogen and oxygen atoms in total. The first-order valence-electron chi connectivity index (χ1n) is 5.79. The van der Waals surface area contributed by atoms with Crippen LogP contribution in [0.5, 0.6) is 0 Å². The van der Waals surface area contributed by atoms with Gasteiger partial charge >= 0.3 is 35.0 Å². The van der Waals surface area contributed by atoms with Crippen molar-refractivity contribution in [1.29, 1.82) is 0 Å². The van der Waals surface area contributed by atoms with Crippen LogP contribution in [0.25, 0.3) is 16.8 Å². The Morgan fingerprint density at radius 1 is 1.00 bits per heavy atom. The first-order valence-corrected chi connectivity index (χ1v) is 9.79. The van der Waals surface area contributed by atoms with Crippen LogP contribution in [0.1, 0.15) is 17.4 Å². The molecule has 0 saturated heterocycles. The fourth-order valence-corrected chi connectivity index (χ4v) is 1.91. The smallest absolute Gasteiger partial charge is 0.0932 e. The number of imidazole rings is 1. The van der Waals surface area contributed by atoms with Crippen molar-refractivity contribution in [3.63, 3.8) is 0 Å². The van der Waals surface area contributed by atoms with E-state index in [9.17, 15) is 0 Å². The third-order valence-electron chi connectivity index (χ3n) is 2.81. The molecule has 1 heterocycles. The minimum Gasteiger partial charge on any atom is -0.664 e. The Bertz CT molecular complexity index is 625. The molecule has 0 amide bonds. The Morgan fingerprint density at radius 2 is 1.60 bits per heavy atom. The molecular formula is C14H12Cl2N3Pd-. The second-order valence-corrected chi connectivity index (χ2v) is 6.39. The van der Waals surface area contributed by atoms with Crippen molar-refractivity contribution in [2.24, 2.45) is 0 Å². The Labute approximate surface area is 133 Å². The van der Waals surface area contributed by atoms with Gasteiger partial charge in [-0.15, -0.1) is 0 Å². The molecule has 0 aliphatic heterocycles. The zero-order valence-electron chi connectivity index (χ0n) is 10.3. The van der Waals surface area contributed by atoms with E-state index in [4.69, 9.17) is 24.8 Å². The van der Waals surface area contributed by atoms with Gasteiger partial charge in [0.1, 0.15) is 0 Å². The topological polar surface area (TPSA) is 52.5 Å². The maximum Gasteiger partial charge on any atom is 0.0932 e. The number of H-pyrrole nitrogens is 1. The molecule has 0 spiro atoms. The van der Waals surface area contributed by atoms with Gasteiger partial charge in [-0.2, -0.15) is 0 Å². The number of hydrogen-bond acceptors (Lipinski definition) is 1. The molecule has 1 aromatic heterocycles. The van der Waals surface area contributed by atoms with Gasteiger partial charge in [0, 0.05) is 0 Å². The minimum atomic E-state index is -0.455. The van der Waals surface area contributed by atoms with Crippen molar-refractivity contribution in [3.05, 3.63) is 71.7 Å². The fraction of sp³-hybridized carbons (Fsp3) is 0.0714. The Hall–Kier alpha value is -0.888. The maximum atomic E-state index is 8.19. The van der Waals surface area contributed by atoms with Gasteiger partial charge in [0.25, 0.3) is 0 Å². The molecule has 0 aliphatic carbocycles. The van der Waals surface area contributed by atoms with E-state index in [-0.39, 0.29) is 15.9 Å². The van der Waals surface area contributed by atoms with Crippen LogP contribution in [-0.4, -0.2) is 9.97 Å². The Balaban J connectivity index is 0.000000452. The van der Waals surface area contributed by atoms with Crippen LogP contribution in [0, 0.1) is 0 Å². The monoisotopic (exact) mass is 398 g/mol. The van der Waals surface area contributed by atoms with Gasteiger partial charge in [-0.1, -0.05) is 54.1 Å². The second kappa shape index (κ2) is 7.78. The van der Waals surface area contributed by atoms with Gasteiger partial charge in [0.2, 0.25) is 0 Å². The van der Waals surface area contributed by atoms with Gasteiger partial charge in [-0.25, -0.2) is 4.98 Å². The van der Waals surface area contributed by atoms with E-state index < -0.39 is 6.04 Å². The number of halogens is 2. The van der Waals surface area contributed by atoms with E-state index in [1.54, 1.807) is 0 Å². The molecule has 108 valence electrons. The number of fused-ring (bicyclic) bond motifs is 1. The average Bonchev–Trinajstić information content (AvgIpc) is 2.92. The SMILES string of the molecule is [Cl][Pd][Cl].[NH-]C(c1ccccc1)c1nc2ccccc2[nH]1. The predicted molar refractivity (Wildman–Crippen MR) is 80.4 cm³/mol. The molecule has 2 N–H and O–H groups in total. The van der Waals surface area contributed by atoms with Gasteiger partial charge in [0.15, 0.2) is 0 Å². The van der Waals surface area contributed by atoms with Crippen molar-refractivity contribution in [3.8, 4) is 0 Å². The summed E-state index contributed by atoms with van der Waals surface area (Å²) in [5.74, 6) is 0.692. The van der Waals surface area contributed by atoms with Crippen LogP contribution in [0.2, 0.25) is 0 Å².